The van der Waals surface area contributed by atoms with Crippen molar-refractivity contribution in [1.82, 2.24) is 14.9 Å². The van der Waals surface area contributed by atoms with E-state index < -0.39 is 0 Å². The minimum atomic E-state index is 0.122. The Morgan fingerprint density at radius 3 is 2.71 bits per heavy atom. The van der Waals surface area contributed by atoms with Gasteiger partial charge in [0.05, 0.1) is 0 Å². The van der Waals surface area contributed by atoms with Crippen LogP contribution in [0, 0.1) is 0 Å². The summed E-state index contributed by atoms with van der Waals surface area (Å²) in [6, 6.07) is 1.84. The molecule has 1 saturated heterocycles. The van der Waals surface area contributed by atoms with E-state index in [4.69, 9.17) is 5.84 Å². The predicted molar refractivity (Wildman–Crippen MR) is 64.3 cm³/mol. The molecule has 0 atom stereocenters. The molecule has 1 amide bonds. The van der Waals surface area contributed by atoms with Crippen LogP contribution in [0.4, 0.5) is 11.8 Å². The van der Waals surface area contributed by atoms with Crippen LogP contribution in [-0.4, -0.2) is 47.0 Å². The van der Waals surface area contributed by atoms with Crippen LogP contribution >= 0.6 is 0 Å². The maximum Gasteiger partial charge on any atom is 0.239 e. The summed E-state index contributed by atoms with van der Waals surface area (Å²) >= 11 is 0. The molecule has 0 aromatic carbocycles. The molecule has 7 heteroatoms. The molecule has 0 radical (unpaired) electrons. The number of hydrogen-bond donors (Lipinski definition) is 2. The Bertz CT molecular complexity index is 402. The molecule has 0 saturated carbocycles. The van der Waals surface area contributed by atoms with Crippen LogP contribution in [0.3, 0.4) is 0 Å². The van der Waals surface area contributed by atoms with Crippen LogP contribution in [0.25, 0.3) is 0 Å². The van der Waals surface area contributed by atoms with Crippen molar-refractivity contribution in [2.24, 2.45) is 5.84 Å². The number of nitrogen functional groups attached to an aromatic ring is 1. The van der Waals surface area contributed by atoms with Crippen LogP contribution in [0.1, 0.15) is 6.92 Å². The zero-order chi connectivity index (χ0) is 12.3. The van der Waals surface area contributed by atoms with Crippen molar-refractivity contribution < 1.29 is 4.79 Å². The van der Waals surface area contributed by atoms with Gasteiger partial charge in [-0.3, -0.25) is 10.2 Å². The van der Waals surface area contributed by atoms with Crippen LogP contribution in [0.15, 0.2) is 12.3 Å². The maximum absolute atomic E-state index is 11.2. The Morgan fingerprint density at radius 2 is 2.12 bits per heavy atom. The molecule has 7 nitrogen and oxygen atoms in total. The number of rotatable bonds is 2. The molecule has 0 spiro atoms. The highest BCUT2D eigenvalue weighted by Crippen LogP contribution is 2.14. The number of hydrogen-bond acceptors (Lipinski definition) is 6. The number of piperazine rings is 1. The first kappa shape index (κ1) is 11.6. The van der Waals surface area contributed by atoms with Gasteiger partial charge in [0.1, 0.15) is 5.82 Å². The fourth-order valence-corrected chi connectivity index (χ4v) is 1.85. The number of carbonyl (C=O) groups excluding carboxylic acids is 1. The molecule has 92 valence electrons. The second-order valence-corrected chi connectivity index (χ2v) is 3.88. The van der Waals surface area contributed by atoms with E-state index in [0.29, 0.717) is 5.95 Å². The Hall–Kier alpha value is -1.89. The third-order valence-corrected chi connectivity index (χ3v) is 2.82. The number of carbonyl (C=O) groups is 1. The highest BCUT2D eigenvalue weighted by Gasteiger charge is 2.19. The monoisotopic (exact) mass is 236 g/mol. The predicted octanol–water partition coefficient (Wildman–Crippen LogP) is -0.569. The Labute approximate surface area is 99.6 Å². The summed E-state index contributed by atoms with van der Waals surface area (Å²) in [6.45, 7) is 4.60. The van der Waals surface area contributed by atoms with Crippen molar-refractivity contribution in [1.29, 1.82) is 0 Å². The van der Waals surface area contributed by atoms with Gasteiger partial charge in [0.25, 0.3) is 0 Å². The fraction of sp³-hybridized carbons (Fsp3) is 0.500. The lowest BCUT2D eigenvalue weighted by molar-refractivity contribution is -0.129. The minimum absolute atomic E-state index is 0.122. The Kier molecular flexibility index (Phi) is 3.38. The highest BCUT2D eigenvalue weighted by molar-refractivity contribution is 5.73. The third kappa shape index (κ3) is 2.62. The first-order chi connectivity index (χ1) is 8.20. The van der Waals surface area contributed by atoms with Gasteiger partial charge in [-0.15, -0.1) is 0 Å². The van der Waals surface area contributed by atoms with Crippen LogP contribution in [-0.2, 0) is 4.79 Å². The zero-order valence-electron chi connectivity index (χ0n) is 9.76. The van der Waals surface area contributed by atoms with E-state index in [9.17, 15) is 4.79 Å². The lowest BCUT2D eigenvalue weighted by atomic mass is 10.3. The van der Waals surface area contributed by atoms with E-state index in [-0.39, 0.29) is 5.91 Å². The molecule has 1 aromatic heterocycles. The van der Waals surface area contributed by atoms with Gasteiger partial charge < -0.3 is 9.80 Å². The standard InChI is InChI=1S/C10H16N6O/c1-8(17)15-4-6-16(7-5-15)9-2-3-12-10(13-9)14-11/h2-3H,4-7,11H2,1H3,(H,12,13,14). The summed E-state index contributed by atoms with van der Waals surface area (Å²) in [6.07, 6.45) is 1.66. The first-order valence-corrected chi connectivity index (χ1v) is 5.51. The Balaban J connectivity index is 2.02. The van der Waals surface area contributed by atoms with Gasteiger partial charge in [0.2, 0.25) is 11.9 Å². The van der Waals surface area contributed by atoms with Crippen molar-refractivity contribution in [2.45, 2.75) is 6.92 Å². The van der Waals surface area contributed by atoms with E-state index in [1.165, 1.54) is 0 Å². The van der Waals surface area contributed by atoms with E-state index in [2.05, 4.69) is 20.3 Å². The molecule has 2 rings (SSSR count). The van der Waals surface area contributed by atoms with Crippen LogP contribution < -0.4 is 16.2 Å². The lowest BCUT2D eigenvalue weighted by Crippen LogP contribution is -2.48. The molecule has 1 aromatic rings. The molecule has 3 N–H and O–H groups in total. The molecule has 1 aliphatic heterocycles. The first-order valence-electron chi connectivity index (χ1n) is 5.51. The van der Waals surface area contributed by atoms with Gasteiger partial charge in [-0.2, -0.15) is 4.98 Å². The molecular formula is C10H16N6O. The average Bonchev–Trinajstić information content (AvgIpc) is 2.39. The van der Waals surface area contributed by atoms with Gasteiger partial charge in [0, 0.05) is 39.3 Å². The molecule has 17 heavy (non-hydrogen) atoms. The molecule has 1 fully saturated rings. The number of aromatic nitrogens is 2. The summed E-state index contributed by atoms with van der Waals surface area (Å²) in [7, 11) is 0. The summed E-state index contributed by atoms with van der Waals surface area (Å²) in [4.78, 5) is 23.4. The van der Waals surface area contributed by atoms with Crippen molar-refractivity contribution in [3.8, 4) is 0 Å². The second kappa shape index (κ2) is 4.96. The normalized spacial score (nSPS) is 15.9. The quantitative estimate of drug-likeness (QED) is 0.528. The molecule has 0 unspecified atom stereocenters. The minimum Gasteiger partial charge on any atom is -0.353 e. The van der Waals surface area contributed by atoms with Crippen molar-refractivity contribution >= 4 is 17.7 Å². The fourth-order valence-electron chi connectivity index (χ4n) is 1.85. The second-order valence-electron chi connectivity index (χ2n) is 3.88. The van der Waals surface area contributed by atoms with Crippen molar-refractivity contribution in [3.05, 3.63) is 12.3 Å². The summed E-state index contributed by atoms with van der Waals surface area (Å²) in [5, 5.41) is 0. The Morgan fingerprint density at radius 1 is 1.41 bits per heavy atom. The van der Waals surface area contributed by atoms with Crippen molar-refractivity contribution in [3.63, 3.8) is 0 Å². The zero-order valence-corrected chi connectivity index (χ0v) is 9.76. The lowest BCUT2D eigenvalue weighted by Gasteiger charge is -2.34. The molecule has 0 aliphatic carbocycles. The van der Waals surface area contributed by atoms with E-state index >= 15 is 0 Å². The third-order valence-electron chi connectivity index (χ3n) is 2.82. The van der Waals surface area contributed by atoms with Crippen molar-refractivity contribution in [2.75, 3.05) is 36.5 Å². The van der Waals surface area contributed by atoms with E-state index in [1.54, 1.807) is 13.1 Å². The number of nitrogens with zero attached hydrogens (tertiary/aromatic N) is 4. The van der Waals surface area contributed by atoms with Gasteiger partial charge in [-0.1, -0.05) is 0 Å². The molecular weight excluding hydrogens is 220 g/mol. The number of nitrogens with one attached hydrogen (secondary N) is 1. The number of nitrogens with two attached hydrogens (primary N) is 1. The largest absolute Gasteiger partial charge is 0.353 e. The van der Waals surface area contributed by atoms with Gasteiger partial charge in [-0.05, 0) is 6.07 Å². The number of hydrazine groups is 1. The summed E-state index contributed by atoms with van der Waals surface area (Å²) < 4.78 is 0. The van der Waals surface area contributed by atoms with Gasteiger partial charge in [0.15, 0.2) is 0 Å². The topological polar surface area (TPSA) is 87.4 Å². The van der Waals surface area contributed by atoms with Crippen LogP contribution in [0.2, 0.25) is 0 Å². The van der Waals surface area contributed by atoms with Crippen LogP contribution in [0.5, 0.6) is 0 Å². The molecule has 1 aliphatic rings. The van der Waals surface area contributed by atoms with E-state index in [0.717, 1.165) is 32.0 Å². The maximum atomic E-state index is 11.2. The summed E-state index contributed by atoms with van der Waals surface area (Å²) in [5.74, 6) is 6.61. The number of amides is 1. The SMILES string of the molecule is CC(=O)N1CCN(c2ccnc(NN)n2)CC1. The summed E-state index contributed by atoms with van der Waals surface area (Å²) in [5.41, 5.74) is 2.42. The smallest absolute Gasteiger partial charge is 0.239 e. The molecule has 2 heterocycles. The number of anilines is 2. The van der Waals surface area contributed by atoms with Gasteiger partial charge >= 0.3 is 0 Å². The molecule has 0 bridgehead atoms. The average molecular weight is 236 g/mol. The highest BCUT2D eigenvalue weighted by atomic mass is 16.2. The van der Waals surface area contributed by atoms with E-state index in [1.807, 2.05) is 11.0 Å². The van der Waals surface area contributed by atoms with Gasteiger partial charge in [-0.25, -0.2) is 10.8 Å².